The zero-order chi connectivity index (χ0) is 23.6. The average molecular weight is 514 g/mol. The smallest absolute Gasteiger partial charge is 0.355 e. The first-order valence-corrected chi connectivity index (χ1v) is 12.2. The van der Waals surface area contributed by atoms with E-state index < -0.39 is 17.2 Å². The first-order valence-electron chi connectivity index (χ1n) is 10.1. The van der Waals surface area contributed by atoms with E-state index in [0.29, 0.717) is 47.5 Å². The molecule has 0 bridgehead atoms. The van der Waals surface area contributed by atoms with Crippen LogP contribution in [0.3, 0.4) is 0 Å². The monoisotopic (exact) mass is 513 g/mol. The second-order valence-corrected chi connectivity index (χ2v) is 8.99. The Labute approximate surface area is 203 Å². The lowest BCUT2D eigenvalue weighted by molar-refractivity contribution is -0.137. The van der Waals surface area contributed by atoms with Gasteiger partial charge in [0.25, 0.3) is 0 Å². The Kier molecular flexibility index (Phi) is 7.21. The lowest BCUT2D eigenvalue weighted by Crippen LogP contribution is -2.29. The third kappa shape index (κ3) is 5.31. The quantitative estimate of drug-likeness (QED) is 0.189. The summed E-state index contributed by atoms with van der Waals surface area (Å²) >= 11 is 14.3. The third-order valence-corrected chi connectivity index (χ3v) is 6.57. The van der Waals surface area contributed by atoms with Crippen molar-refractivity contribution < 1.29 is 13.2 Å². The Morgan fingerprint density at radius 3 is 2.58 bits per heavy atom. The third-order valence-electron chi connectivity index (χ3n) is 5.34. The van der Waals surface area contributed by atoms with Crippen LogP contribution in [0.15, 0.2) is 47.8 Å². The Hall–Kier alpha value is -2.23. The Morgan fingerprint density at radius 1 is 1.09 bits per heavy atom. The number of nitrogens with one attached hydrogen (secondary N) is 1. The fraction of sp³-hybridized carbons (Fsp3) is 0.318. The molecule has 3 heterocycles. The van der Waals surface area contributed by atoms with Gasteiger partial charge in [-0.3, -0.25) is 0 Å². The lowest BCUT2D eigenvalue weighted by atomic mass is 10.1. The van der Waals surface area contributed by atoms with Crippen LogP contribution in [-0.2, 0) is 19.0 Å². The van der Waals surface area contributed by atoms with E-state index >= 15 is 0 Å². The highest BCUT2D eigenvalue weighted by atomic mass is 35.5. The summed E-state index contributed by atoms with van der Waals surface area (Å²) in [7, 11) is 0. The number of anilines is 2. The Balaban J connectivity index is 1.64. The molecule has 1 unspecified atom stereocenters. The molecule has 33 heavy (non-hydrogen) atoms. The summed E-state index contributed by atoms with van der Waals surface area (Å²) in [6.07, 6.45) is -0.353. The molecule has 0 aliphatic carbocycles. The van der Waals surface area contributed by atoms with Crippen LogP contribution < -0.4 is 10.2 Å². The molecule has 1 aromatic carbocycles. The fourth-order valence-electron chi connectivity index (χ4n) is 3.75. The largest absolute Gasteiger partial charge is 0.419 e. The van der Waals surface area contributed by atoms with Gasteiger partial charge >= 0.3 is 6.18 Å². The number of aromatic nitrogens is 3. The van der Waals surface area contributed by atoms with Crippen molar-refractivity contribution >= 4 is 46.6 Å². The zero-order valence-electron chi connectivity index (χ0n) is 17.5. The number of nitrogens with zero attached hydrogens (tertiary/aromatic N) is 4. The summed E-state index contributed by atoms with van der Waals surface area (Å²) in [5.74, 6) is 0.486. The van der Waals surface area contributed by atoms with Crippen molar-refractivity contribution in [2.45, 2.75) is 29.7 Å². The summed E-state index contributed by atoms with van der Waals surface area (Å²) in [5, 5.41) is 4.30. The molecule has 1 N–H and O–H groups in total. The molecular formula is C22H20Cl2F3N5S. The molecule has 5 nitrogen and oxygen atoms in total. The fourth-order valence-corrected chi connectivity index (χ4v) is 4.73. The van der Waals surface area contributed by atoms with Gasteiger partial charge in [0.05, 0.1) is 11.3 Å². The maximum absolute atomic E-state index is 13.5. The van der Waals surface area contributed by atoms with Gasteiger partial charge in [0.1, 0.15) is 17.1 Å². The first kappa shape index (κ1) is 23.9. The normalized spacial score (nSPS) is 15.0. The van der Waals surface area contributed by atoms with E-state index in [1.54, 1.807) is 11.0 Å². The predicted octanol–water partition coefficient (Wildman–Crippen LogP) is 6.22. The number of halogens is 5. The number of hydrogen-bond donors (Lipinski definition) is 1. The van der Waals surface area contributed by atoms with Crippen LogP contribution in [-0.4, -0.2) is 34.3 Å². The molecule has 0 amide bonds. The minimum absolute atomic E-state index is 0.0725. The van der Waals surface area contributed by atoms with E-state index in [4.69, 9.17) is 23.2 Å². The molecule has 174 valence electrons. The summed E-state index contributed by atoms with van der Waals surface area (Å²) in [4.78, 5) is 14.9. The second-order valence-electron chi connectivity index (χ2n) is 7.37. The molecule has 1 atom stereocenters. The molecule has 4 rings (SSSR count). The molecule has 0 spiro atoms. The van der Waals surface area contributed by atoms with Gasteiger partial charge in [-0.25, -0.2) is 15.0 Å². The summed E-state index contributed by atoms with van der Waals surface area (Å²) in [6, 6.07) is 9.59. The van der Waals surface area contributed by atoms with Crippen LogP contribution in [0.2, 0.25) is 5.02 Å². The number of pyridine rings is 1. The van der Waals surface area contributed by atoms with E-state index in [2.05, 4.69) is 20.3 Å². The minimum Gasteiger partial charge on any atom is -0.355 e. The first-order chi connectivity index (χ1) is 15.8. The molecule has 0 saturated heterocycles. The Bertz CT molecular complexity index is 1150. The summed E-state index contributed by atoms with van der Waals surface area (Å²) in [5.41, 5.74) is 0.936. The van der Waals surface area contributed by atoms with E-state index in [1.165, 1.54) is 24.0 Å². The van der Waals surface area contributed by atoms with Crippen molar-refractivity contribution in [2.75, 3.05) is 29.6 Å². The summed E-state index contributed by atoms with van der Waals surface area (Å²) in [6.45, 7) is 0.689. The van der Waals surface area contributed by atoms with Gasteiger partial charge in [-0.05, 0) is 30.9 Å². The van der Waals surface area contributed by atoms with Crippen LogP contribution in [0.4, 0.5) is 24.8 Å². The van der Waals surface area contributed by atoms with Gasteiger partial charge in [-0.1, -0.05) is 53.2 Å². The zero-order valence-corrected chi connectivity index (χ0v) is 19.9. The van der Waals surface area contributed by atoms with Crippen molar-refractivity contribution in [1.29, 1.82) is 0 Å². The van der Waals surface area contributed by atoms with Gasteiger partial charge in [0.2, 0.25) is 0 Å². The van der Waals surface area contributed by atoms with Crippen LogP contribution >= 0.6 is 35.0 Å². The van der Waals surface area contributed by atoms with Gasteiger partial charge in [-0.2, -0.15) is 13.2 Å². The number of benzene rings is 1. The predicted molar refractivity (Wildman–Crippen MR) is 126 cm³/mol. The van der Waals surface area contributed by atoms with Crippen molar-refractivity contribution in [3.8, 4) is 0 Å². The number of rotatable bonds is 5. The number of fused-ring (bicyclic) bond motifs is 1. The van der Waals surface area contributed by atoms with Crippen LogP contribution in [0.5, 0.6) is 0 Å². The van der Waals surface area contributed by atoms with Crippen LogP contribution in [0, 0.1) is 0 Å². The molecular weight excluding hydrogens is 494 g/mol. The molecule has 0 radical (unpaired) electrons. The summed E-state index contributed by atoms with van der Waals surface area (Å²) < 4.78 is 40.6. The number of hydrogen-bond acceptors (Lipinski definition) is 6. The van der Waals surface area contributed by atoms with Gasteiger partial charge < -0.3 is 10.2 Å². The molecule has 2 aromatic heterocycles. The highest BCUT2D eigenvalue weighted by Gasteiger charge is 2.36. The maximum Gasteiger partial charge on any atom is 0.419 e. The van der Waals surface area contributed by atoms with Crippen molar-refractivity contribution in [2.24, 2.45) is 0 Å². The lowest BCUT2D eigenvalue weighted by Gasteiger charge is -2.24. The van der Waals surface area contributed by atoms with Crippen molar-refractivity contribution in [3.05, 3.63) is 70.0 Å². The highest BCUT2D eigenvalue weighted by Crippen LogP contribution is 2.37. The Morgan fingerprint density at radius 2 is 1.85 bits per heavy atom. The van der Waals surface area contributed by atoms with Crippen LogP contribution in [0.1, 0.15) is 27.9 Å². The second kappa shape index (κ2) is 9.95. The molecule has 1 aliphatic rings. The van der Waals surface area contributed by atoms with Crippen molar-refractivity contribution in [1.82, 2.24) is 15.0 Å². The van der Waals surface area contributed by atoms with Gasteiger partial charge in [-0.15, -0.1) is 0 Å². The standard InChI is InChI=1S/C22H20Cl2F3N5S/c1-33-21-29-17-9-12-32(20-15(22(25,26)27)6-4-10-28-20)11-8-14(17)19(31-21)30-18(24)13-5-2-3-7-16(13)23/h2-7,10,18H,8-9,11-12H2,1H3,(H,29,30,31). The SMILES string of the molecule is CSc1nc2c(c(NC(Cl)c3ccccc3Cl)n1)CCN(c1ncccc1C(F)(F)F)CC2. The van der Waals surface area contributed by atoms with Gasteiger partial charge in [0.15, 0.2) is 5.16 Å². The molecule has 11 heteroatoms. The number of thioether (sulfide) groups is 1. The maximum atomic E-state index is 13.5. The van der Waals surface area contributed by atoms with E-state index in [-0.39, 0.29) is 5.82 Å². The van der Waals surface area contributed by atoms with E-state index in [1.807, 2.05) is 24.5 Å². The van der Waals surface area contributed by atoms with E-state index in [0.717, 1.165) is 17.3 Å². The minimum atomic E-state index is -4.48. The molecule has 0 saturated carbocycles. The van der Waals surface area contributed by atoms with Crippen LogP contribution in [0.25, 0.3) is 0 Å². The van der Waals surface area contributed by atoms with Crippen molar-refractivity contribution in [3.63, 3.8) is 0 Å². The molecule has 3 aromatic rings. The number of alkyl halides is 4. The topological polar surface area (TPSA) is 53.9 Å². The molecule has 0 fully saturated rings. The van der Waals surface area contributed by atoms with E-state index in [9.17, 15) is 13.2 Å². The average Bonchev–Trinajstić information content (AvgIpc) is 3.01. The van der Waals surface area contributed by atoms with Gasteiger partial charge in [0, 0.05) is 41.9 Å². The highest BCUT2D eigenvalue weighted by molar-refractivity contribution is 7.98. The molecule has 1 aliphatic heterocycles.